The van der Waals surface area contributed by atoms with Gasteiger partial charge in [0.1, 0.15) is 0 Å². The van der Waals surface area contributed by atoms with Crippen molar-refractivity contribution in [2.75, 3.05) is 26.3 Å². The predicted octanol–water partition coefficient (Wildman–Crippen LogP) is 10.2. The summed E-state index contributed by atoms with van der Waals surface area (Å²) in [5.41, 5.74) is 0. The first-order chi connectivity index (χ1) is 16.4. The van der Waals surface area contributed by atoms with Crippen LogP contribution in [0.2, 0.25) is 0 Å². The Morgan fingerprint density at radius 3 is 1.15 bits per heavy atom. The van der Waals surface area contributed by atoms with Gasteiger partial charge in [-0.25, -0.2) is 0 Å². The maximum atomic E-state index is 5.68. The van der Waals surface area contributed by atoms with Gasteiger partial charge in [-0.05, 0) is 19.4 Å². The number of hydrogen-bond acceptors (Lipinski definition) is 2. The summed E-state index contributed by atoms with van der Waals surface area (Å²) in [6.07, 6.45) is 35.4. The Morgan fingerprint density at radius 2 is 0.788 bits per heavy atom. The lowest BCUT2D eigenvalue weighted by Crippen LogP contribution is -2.20. The summed E-state index contributed by atoms with van der Waals surface area (Å²) < 4.78 is 5.68. The molecule has 0 unspecified atom stereocenters. The summed E-state index contributed by atoms with van der Waals surface area (Å²) in [5, 5.41) is 3.39. The second-order valence-corrected chi connectivity index (χ2v) is 10.3. The lowest BCUT2D eigenvalue weighted by molar-refractivity contribution is 0.131. The Balaban J connectivity index is 2.99. The van der Waals surface area contributed by atoms with Crippen molar-refractivity contribution in [1.82, 2.24) is 5.32 Å². The molecule has 0 aromatic carbocycles. The van der Waals surface area contributed by atoms with Crippen molar-refractivity contribution in [3.05, 3.63) is 6.92 Å². The quantitative estimate of drug-likeness (QED) is 0.106. The van der Waals surface area contributed by atoms with E-state index < -0.39 is 0 Å². The van der Waals surface area contributed by atoms with Crippen LogP contribution in [0.3, 0.4) is 0 Å². The van der Waals surface area contributed by atoms with E-state index in [-0.39, 0.29) is 0 Å². The molecule has 33 heavy (non-hydrogen) atoms. The smallest absolute Gasteiger partial charge is 0.0590 e. The Hall–Kier alpha value is -0.0800. The molecule has 0 aromatic heterocycles. The molecular formula is C31H64NO. The summed E-state index contributed by atoms with van der Waals surface area (Å²) in [6, 6.07) is 0. The Kier molecular flexibility index (Phi) is 31.8. The maximum absolute atomic E-state index is 5.68. The summed E-state index contributed by atoms with van der Waals surface area (Å²) in [4.78, 5) is 0. The van der Waals surface area contributed by atoms with Gasteiger partial charge in [0, 0.05) is 13.2 Å². The molecular weight excluding hydrogens is 402 g/mol. The van der Waals surface area contributed by atoms with Crippen LogP contribution in [-0.4, -0.2) is 26.3 Å². The van der Waals surface area contributed by atoms with E-state index in [1.165, 1.54) is 154 Å². The molecule has 0 amide bonds. The summed E-state index contributed by atoms with van der Waals surface area (Å²) in [6.45, 7) is 10.0. The van der Waals surface area contributed by atoms with Crippen LogP contribution in [0.1, 0.15) is 167 Å². The molecule has 0 aliphatic heterocycles. The van der Waals surface area contributed by atoms with Crippen LogP contribution in [0.4, 0.5) is 0 Å². The molecule has 0 rings (SSSR count). The van der Waals surface area contributed by atoms with Crippen molar-refractivity contribution in [2.45, 2.75) is 167 Å². The Morgan fingerprint density at radius 1 is 0.424 bits per heavy atom. The zero-order valence-corrected chi connectivity index (χ0v) is 23.1. The first-order valence-electron chi connectivity index (χ1n) is 15.5. The van der Waals surface area contributed by atoms with E-state index in [0.717, 1.165) is 32.7 Å². The van der Waals surface area contributed by atoms with E-state index in [2.05, 4.69) is 19.2 Å². The van der Waals surface area contributed by atoms with E-state index in [0.29, 0.717) is 0 Å². The lowest BCUT2D eigenvalue weighted by Gasteiger charge is -2.06. The van der Waals surface area contributed by atoms with Gasteiger partial charge < -0.3 is 10.1 Å². The van der Waals surface area contributed by atoms with E-state index in [9.17, 15) is 0 Å². The highest BCUT2D eigenvalue weighted by molar-refractivity contribution is 4.52. The average Bonchev–Trinajstić information content (AvgIpc) is 2.83. The topological polar surface area (TPSA) is 21.3 Å². The van der Waals surface area contributed by atoms with Gasteiger partial charge in [-0.2, -0.15) is 0 Å². The molecule has 199 valence electrons. The van der Waals surface area contributed by atoms with Crippen molar-refractivity contribution in [3.63, 3.8) is 0 Å². The Labute approximate surface area is 210 Å². The number of hydrogen-bond donors (Lipinski definition) is 1. The van der Waals surface area contributed by atoms with Crippen LogP contribution >= 0.6 is 0 Å². The average molecular weight is 467 g/mol. The van der Waals surface area contributed by atoms with E-state index in [1.807, 2.05) is 0 Å². The highest BCUT2D eigenvalue weighted by Crippen LogP contribution is 2.15. The molecule has 0 aliphatic carbocycles. The fraction of sp³-hybridized carbons (Fsp3) is 0.968. The molecule has 2 nitrogen and oxygen atoms in total. The predicted molar refractivity (Wildman–Crippen MR) is 150 cm³/mol. The normalized spacial score (nSPS) is 11.5. The van der Waals surface area contributed by atoms with Crippen LogP contribution < -0.4 is 5.32 Å². The molecule has 0 spiro atoms. The van der Waals surface area contributed by atoms with Crippen LogP contribution in [0.5, 0.6) is 0 Å². The van der Waals surface area contributed by atoms with Crippen molar-refractivity contribution in [3.8, 4) is 0 Å². The molecule has 0 atom stereocenters. The highest BCUT2D eigenvalue weighted by Gasteiger charge is 1.96. The fourth-order valence-corrected chi connectivity index (χ4v) is 4.61. The number of rotatable bonds is 30. The summed E-state index contributed by atoms with van der Waals surface area (Å²) >= 11 is 0. The van der Waals surface area contributed by atoms with Gasteiger partial charge in [-0.3, -0.25) is 0 Å². The van der Waals surface area contributed by atoms with E-state index in [1.54, 1.807) is 0 Å². The van der Waals surface area contributed by atoms with Gasteiger partial charge >= 0.3 is 0 Å². The lowest BCUT2D eigenvalue weighted by atomic mass is 10.0. The second kappa shape index (κ2) is 31.9. The van der Waals surface area contributed by atoms with Crippen LogP contribution in [0.15, 0.2) is 0 Å². The third kappa shape index (κ3) is 31.9. The van der Waals surface area contributed by atoms with Crippen LogP contribution in [-0.2, 0) is 4.74 Å². The molecule has 0 saturated heterocycles. The number of unbranched alkanes of at least 4 members (excludes halogenated alkanes) is 23. The maximum Gasteiger partial charge on any atom is 0.0590 e. The largest absolute Gasteiger partial charge is 0.380 e. The van der Waals surface area contributed by atoms with E-state index >= 15 is 0 Å². The van der Waals surface area contributed by atoms with Gasteiger partial charge in [0.25, 0.3) is 0 Å². The van der Waals surface area contributed by atoms with Gasteiger partial charge in [0.2, 0.25) is 0 Å². The highest BCUT2D eigenvalue weighted by atomic mass is 16.5. The molecule has 2 heteroatoms. The molecule has 0 saturated carbocycles. The molecule has 0 aromatic rings. The van der Waals surface area contributed by atoms with Crippen molar-refractivity contribution in [2.24, 2.45) is 0 Å². The first kappa shape index (κ1) is 32.9. The SMILES string of the molecule is [CH2]CCCNCCOCCCCCCCCCCCCCCCCCCCCCCCCC. The number of ether oxygens (including phenoxy) is 1. The van der Waals surface area contributed by atoms with Gasteiger partial charge in [0.05, 0.1) is 6.61 Å². The van der Waals surface area contributed by atoms with Gasteiger partial charge in [0.15, 0.2) is 0 Å². The molecule has 0 heterocycles. The van der Waals surface area contributed by atoms with Crippen molar-refractivity contribution < 1.29 is 4.74 Å². The minimum absolute atomic E-state index is 0.858. The minimum atomic E-state index is 0.858. The Bertz CT molecular complexity index is 290. The zero-order valence-electron chi connectivity index (χ0n) is 23.1. The first-order valence-corrected chi connectivity index (χ1v) is 15.5. The minimum Gasteiger partial charge on any atom is -0.380 e. The molecule has 0 aliphatic rings. The van der Waals surface area contributed by atoms with E-state index in [4.69, 9.17) is 4.74 Å². The van der Waals surface area contributed by atoms with Gasteiger partial charge in [-0.1, -0.05) is 162 Å². The van der Waals surface area contributed by atoms with Crippen molar-refractivity contribution in [1.29, 1.82) is 0 Å². The molecule has 0 bridgehead atoms. The third-order valence-electron chi connectivity index (χ3n) is 6.92. The van der Waals surface area contributed by atoms with Gasteiger partial charge in [-0.15, -0.1) is 0 Å². The second-order valence-electron chi connectivity index (χ2n) is 10.3. The third-order valence-corrected chi connectivity index (χ3v) is 6.92. The molecule has 0 fully saturated rings. The summed E-state index contributed by atoms with van der Waals surface area (Å²) in [7, 11) is 0. The summed E-state index contributed by atoms with van der Waals surface area (Å²) in [5.74, 6) is 0. The zero-order chi connectivity index (χ0) is 23.9. The standard InChI is InChI=1S/C31H64NO/c1-3-5-7-8-9-10-11-12-13-14-15-16-17-18-19-20-21-22-23-24-25-26-27-30-33-31-29-32-28-6-4-2/h32H,2-31H2,1H3. The number of nitrogens with one attached hydrogen (secondary N) is 1. The van der Waals surface area contributed by atoms with Crippen molar-refractivity contribution >= 4 is 0 Å². The molecule has 1 N–H and O–H groups in total. The fourth-order valence-electron chi connectivity index (χ4n) is 4.61. The molecule has 1 radical (unpaired) electrons. The van der Waals surface area contributed by atoms with Crippen LogP contribution in [0.25, 0.3) is 0 Å². The van der Waals surface area contributed by atoms with Crippen LogP contribution in [0, 0.1) is 6.92 Å². The monoisotopic (exact) mass is 466 g/mol.